The smallest absolute Gasteiger partial charge is 0.339 e. The van der Waals surface area contributed by atoms with E-state index in [2.05, 4.69) is 10.3 Å². The summed E-state index contributed by atoms with van der Waals surface area (Å²) in [6.45, 7) is 1.61. The lowest BCUT2D eigenvalue weighted by Gasteiger charge is -2.20. The van der Waals surface area contributed by atoms with Gasteiger partial charge in [-0.25, -0.2) is 4.79 Å². The van der Waals surface area contributed by atoms with Gasteiger partial charge in [-0.05, 0) is 24.6 Å². The summed E-state index contributed by atoms with van der Waals surface area (Å²) in [7, 11) is 0. The lowest BCUT2D eigenvalue weighted by atomic mass is 10.1. The van der Waals surface area contributed by atoms with Gasteiger partial charge in [-0.2, -0.15) is 0 Å². The number of nitrogens with one attached hydrogen (secondary N) is 1. The summed E-state index contributed by atoms with van der Waals surface area (Å²) in [5.74, 6) is -0.801. The number of carbonyl (C=O) groups excluding carboxylic acids is 2. The van der Waals surface area contributed by atoms with Gasteiger partial charge in [0.25, 0.3) is 0 Å². The van der Waals surface area contributed by atoms with Gasteiger partial charge in [-0.1, -0.05) is 30.3 Å². The molecule has 0 aliphatic heterocycles. The van der Waals surface area contributed by atoms with E-state index in [-0.39, 0.29) is 12.5 Å². The van der Waals surface area contributed by atoms with Gasteiger partial charge in [0.05, 0.1) is 17.6 Å². The third-order valence-electron chi connectivity index (χ3n) is 3.21. The van der Waals surface area contributed by atoms with Crippen LogP contribution in [0.1, 0.15) is 28.9 Å². The second kappa shape index (κ2) is 8.05. The molecule has 0 aliphatic carbocycles. The third kappa shape index (κ3) is 4.89. The Bertz CT molecular complexity index is 645. The molecule has 0 radical (unpaired) electrons. The van der Waals surface area contributed by atoms with E-state index in [9.17, 15) is 9.59 Å². The SMILES string of the molecule is CC(N)C(=O)N[C@H](COC(=O)c1cccnc1)c1ccccc1. The van der Waals surface area contributed by atoms with Crippen LogP contribution in [-0.4, -0.2) is 29.5 Å². The molecule has 0 bridgehead atoms. The lowest BCUT2D eigenvalue weighted by molar-refractivity contribution is -0.123. The molecule has 0 fully saturated rings. The fourth-order valence-corrected chi connectivity index (χ4v) is 1.94. The van der Waals surface area contributed by atoms with E-state index in [4.69, 9.17) is 10.5 Å². The molecular formula is C17H19N3O3. The number of ether oxygens (including phenoxy) is 1. The number of amides is 1. The number of pyridine rings is 1. The predicted molar refractivity (Wildman–Crippen MR) is 85.5 cm³/mol. The standard InChI is InChI=1S/C17H19N3O3/c1-12(18)16(21)20-15(13-6-3-2-4-7-13)11-23-17(22)14-8-5-9-19-10-14/h2-10,12,15H,11,18H2,1H3,(H,20,21)/t12?,15-/m1/s1. The molecule has 120 valence electrons. The molecule has 6 nitrogen and oxygen atoms in total. The summed E-state index contributed by atoms with van der Waals surface area (Å²) in [5, 5.41) is 2.78. The molecule has 2 atom stereocenters. The van der Waals surface area contributed by atoms with E-state index < -0.39 is 18.1 Å². The number of hydrogen-bond acceptors (Lipinski definition) is 5. The first-order valence-electron chi connectivity index (χ1n) is 7.26. The van der Waals surface area contributed by atoms with Crippen molar-refractivity contribution < 1.29 is 14.3 Å². The highest BCUT2D eigenvalue weighted by atomic mass is 16.5. The second-order valence-corrected chi connectivity index (χ2v) is 5.10. The van der Waals surface area contributed by atoms with E-state index in [0.29, 0.717) is 5.56 Å². The number of nitrogens with zero attached hydrogens (tertiary/aromatic N) is 1. The van der Waals surface area contributed by atoms with Gasteiger partial charge >= 0.3 is 5.97 Å². The fourth-order valence-electron chi connectivity index (χ4n) is 1.94. The zero-order chi connectivity index (χ0) is 16.7. The van der Waals surface area contributed by atoms with E-state index in [1.54, 1.807) is 25.3 Å². The van der Waals surface area contributed by atoms with Crippen LogP contribution in [-0.2, 0) is 9.53 Å². The van der Waals surface area contributed by atoms with Crippen molar-refractivity contribution >= 4 is 11.9 Å². The zero-order valence-electron chi connectivity index (χ0n) is 12.8. The molecule has 0 saturated heterocycles. The van der Waals surface area contributed by atoms with Crippen LogP contribution in [0, 0.1) is 0 Å². The lowest BCUT2D eigenvalue weighted by Crippen LogP contribution is -2.41. The van der Waals surface area contributed by atoms with Crippen LogP contribution in [0.5, 0.6) is 0 Å². The maximum atomic E-state index is 12.0. The normalized spacial score (nSPS) is 13.0. The molecular weight excluding hydrogens is 294 g/mol. The van der Waals surface area contributed by atoms with Gasteiger partial charge in [0, 0.05) is 12.4 Å². The molecule has 1 aromatic carbocycles. The Morgan fingerprint density at radius 3 is 2.57 bits per heavy atom. The van der Waals surface area contributed by atoms with Crippen molar-refractivity contribution in [2.24, 2.45) is 5.73 Å². The molecule has 1 heterocycles. The summed E-state index contributed by atoms with van der Waals surface area (Å²) in [6.07, 6.45) is 3.01. The molecule has 0 aliphatic rings. The molecule has 1 unspecified atom stereocenters. The van der Waals surface area contributed by atoms with Crippen molar-refractivity contribution in [3.63, 3.8) is 0 Å². The number of benzene rings is 1. The Labute approximate surface area is 134 Å². The molecule has 0 saturated carbocycles. The fraction of sp³-hybridized carbons (Fsp3) is 0.235. The van der Waals surface area contributed by atoms with Gasteiger partial charge < -0.3 is 15.8 Å². The van der Waals surface area contributed by atoms with Crippen molar-refractivity contribution in [3.05, 3.63) is 66.0 Å². The van der Waals surface area contributed by atoms with Gasteiger partial charge in [-0.3, -0.25) is 9.78 Å². The summed E-state index contributed by atoms with van der Waals surface area (Å²) < 4.78 is 5.29. The van der Waals surface area contributed by atoms with E-state index in [0.717, 1.165) is 5.56 Å². The minimum atomic E-state index is -0.643. The van der Waals surface area contributed by atoms with Crippen LogP contribution in [0.15, 0.2) is 54.9 Å². The summed E-state index contributed by atoms with van der Waals surface area (Å²) in [5.41, 5.74) is 6.77. The predicted octanol–water partition coefficient (Wildman–Crippen LogP) is 1.44. The van der Waals surface area contributed by atoms with Crippen LogP contribution in [0.25, 0.3) is 0 Å². The average Bonchev–Trinajstić information content (AvgIpc) is 2.59. The Hall–Kier alpha value is -2.73. The minimum Gasteiger partial charge on any atom is -0.459 e. The van der Waals surface area contributed by atoms with Crippen LogP contribution in [0.3, 0.4) is 0 Å². The molecule has 1 amide bonds. The van der Waals surface area contributed by atoms with Crippen LogP contribution >= 0.6 is 0 Å². The van der Waals surface area contributed by atoms with Crippen molar-refractivity contribution in [2.75, 3.05) is 6.61 Å². The third-order valence-corrected chi connectivity index (χ3v) is 3.21. The first kappa shape index (κ1) is 16.6. The second-order valence-electron chi connectivity index (χ2n) is 5.10. The molecule has 2 rings (SSSR count). The summed E-state index contributed by atoms with van der Waals surface area (Å²) >= 11 is 0. The summed E-state index contributed by atoms with van der Waals surface area (Å²) in [6, 6.07) is 11.4. The Morgan fingerprint density at radius 2 is 1.96 bits per heavy atom. The largest absolute Gasteiger partial charge is 0.459 e. The summed E-state index contributed by atoms with van der Waals surface area (Å²) in [4.78, 5) is 27.7. The average molecular weight is 313 g/mol. The number of carbonyl (C=O) groups is 2. The number of hydrogen-bond donors (Lipinski definition) is 2. The van der Waals surface area contributed by atoms with Crippen LogP contribution in [0.4, 0.5) is 0 Å². The number of aromatic nitrogens is 1. The molecule has 2 aromatic rings. The Balaban J connectivity index is 2.06. The Kier molecular flexibility index (Phi) is 5.82. The number of nitrogens with two attached hydrogens (primary N) is 1. The minimum absolute atomic E-state index is 0.0101. The monoisotopic (exact) mass is 313 g/mol. The molecule has 3 N–H and O–H groups in total. The van der Waals surface area contributed by atoms with Crippen molar-refractivity contribution in [2.45, 2.75) is 19.0 Å². The van der Waals surface area contributed by atoms with E-state index in [1.165, 1.54) is 6.20 Å². The number of rotatable bonds is 6. The van der Waals surface area contributed by atoms with Gasteiger partial charge in [-0.15, -0.1) is 0 Å². The van der Waals surface area contributed by atoms with Gasteiger partial charge in [0.15, 0.2) is 0 Å². The van der Waals surface area contributed by atoms with Gasteiger partial charge in [0.2, 0.25) is 5.91 Å². The molecule has 0 spiro atoms. The van der Waals surface area contributed by atoms with Crippen molar-refractivity contribution in [3.8, 4) is 0 Å². The van der Waals surface area contributed by atoms with E-state index >= 15 is 0 Å². The maximum Gasteiger partial charge on any atom is 0.339 e. The van der Waals surface area contributed by atoms with Crippen LogP contribution in [0.2, 0.25) is 0 Å². The highest BCUT2D eigenvalue weighted by Crippen LogP contribution is 2.14. The molecule has 6 heteroatoms. The molecule has 1 aromatic heterocycles. The maximum absolute atomic E-state index is 12.0. The highest BCUT2D eigenvalue weighted by Gasteiger charge is 2.19. The van der Waals surface area contributed by atoms with Crippen molar-refractivity contribution in [1.29, 1.82) is 0 Å². The van der Waals surface area contributed by atoms with Gasteiger partial charge in [0.1, 0.15) is 6.61 Å². The topological polar surface area (TPSA) is 94.3 Å². The Morgan fingerprint density at radius 1 is 1.22 bits per heavy atom. The first-order valence-corrected chi connectivity index (χ1v) is 7.26. The first-order chi connectivity index (χ1) is 11.1. The number of esters is 1. The molecule has 23 heavy (non-hydrogen) atoms. The van der Waals surface area contributed by atoms with Crippen LogP contribution < -0.4 is 11.1 Å². The zero-order valence-corrected chi connectivity index (χ0v) is 12.8. The quantitative estimate of drug-likeness (QED) is 0.787. The highest BCUT2D eigenvalue weighted by molar-refractivity contribution is 5.89. The van der Waals surface area contributed by atoms with E-state index in [1.807, 2.05) is 30.3 Å². The van der Waals surface area contributed by atoms with Crippen molar-refractivity contribution in [1.82, 2.24) is 10.3 Å².